The number of furan rings is 1. The predicted molar refractivity (Wildman–Crippen MR) is 76.2 cm³/mol. The van der Waals surface area contributed by atoms with Gasteiger partial charge >= 0.3 is 5.97 Å². The Labute approximate surface area is 123 Å². The monoisotopic (exact) mass is 296 g/mol. The molecule has 0 aliphatic rings. The van der Waals surface area contributed by atoms with Crippen molar-refractivity contribution in [3.05, 3.63) is 53.9 Å². The first-order chi connectivity index (χ1) is 10.2. The van der Waals surface area contributed by atoms with Gasteiger partial charge in [-0.15, -0.1) is 0 Å². The Balaban J connectivity index is 2.10. The average Bonchev–Trinajstić information content (AvgIpc) is 2.96. The number of nitrogens with zero attached hydrogens (tertiary/aromatic N) is 2. The number of carboxylic acids is 1. The first-order valence-corrected chi connectivity index (χ1v) is 6.79. The van der Waals surface area contributed by atoms with Crippen LogP contribution in [0.5, 0.6) is 0 Å². The number of pyridine rings is 1. The molecule has 0 spiro atoms. The van der Waals surface area contributed by atoms with E-state index in [4.69, 9.17) is 9.52 Å². The Bertz CT molecular complexity index is 880. The molecule has 3 rings (SSSR count). The zero-order valence-corrected chi connectivity index (χ0v) is 11.4. The third kappa shape index (κ3) is 2.47. The molecular weight excluding hydrogens is 288 g/mol. The number of para-hydroxylation sites is 1. The summed E-state index contributed by atoms with van der Waals surface area (Å²) in [5.41, 5.74) is 1.19. The normalized spacial score (nSPS) is 10.4. The molecule has 21 heavy (non-hydrogen) atoms. The Morgan fingerprint density at radius 1 is 1.29 bits per heavy atom. The van der Waals surface area contributed by atoms with E-state index in [0.29, 0.717) is 15.6 Å². The maximum Gasteiger partial charge on any atom is 0.371 e. The quantitative estimate of drug-likeness (QED) is 0.795. The van der Waals surface area contributed by atoms with Crippen LogP contribution in [0.2, 0.25) is 0 Å². The Kier molecular flexibility index (Phi) is 3.34. The number of carbonyl (C=O) groups is 1. The van der Waals surface area contributed by atoms with Crippen LogP contribution in [-0.2, 0) is 0 Å². The van der Waals surface area contributed by atoms with E-state index in [0.717, 1.165) is 10.9 Å². The highest BCUT2D eigenvalue weighted by Crippen LogP contribution is 2.36. The minimum Gasteiger partial charge on any atom is -0.475 e. The van der Waals surface area contributed by atoms with Crippen molar-refractivity contribution < 1.29 is 14.3 Å². The number of benzene rings is 1. The van der Waals surface area contributed by atoms with Crippen LogP contribution in [0.15, 0.2) is 57.0 Å². The summed E-state index contributed by atoms with van der Waals surface area (Å²) in [6.07, 6.45) is 1.51. The summed E-state index contributed by atoms with van der Waals surface area (Å²) in [5.74, 6) is -1.25. The zero-order chi connectivity index (χ0) is 14.8. The van der Waals surface area contributed by atoms with Crippen molar-refractivity contribution in [3.8, 4) is 6.07 Å². The van der Waals surface area contributed by atoms with Crippen molar-refractivity contribution in [2.24, 2.45) is 0 Å². The number of hydrogen-bond donors (Lipinski definition) is 1. The number of fused-ring (bicyclic) bond motifs is 1. The van der Waals surface area contributed by atoms with Gasteiger partial charge in [0.2, 0.25) is 5.76 Å². The van der Waals surface area contributed by atoms with Gasteiger partial charge < -0.3 is 9.52 Å². The molecule has 2 aromatic heterocycles. The van der Waals surface area contributed by atoms with Gasteiger partial charge in [-0.3, -0.25) is 4.98 Å². The minimum absolute atomic E-state index is 0.130. The largest absolute Gasteiger partial charge is 0.475 e. The highest BCUT2D eigenvalue weighted by Gasteiger charge is 2.14. The van der Waals surface area contributed by atoms with Crippen molar-refractivity contribution in [1.29, 1.82) is 5.26 Å². The van der Waals surface area contributed by atoms with Crippen LogP contribution in [-0.4, -0.2) is 16.1 Å². The number of aromatic carboxylic acids is 1. The molecule has 0 saturated carbocycles. The SMILES string of the molecule is N#Cc1cnc2ccccc2c1Sc1ccc(C(=O)O)o1. The van der Waals surface area contributed by atoms with E-state index >= 15 is 0 Å². The number of hydrogen-bond acceptors (Lipinski definition) is 5. The third-order valence-electron chi connectivity index (χ3n) is 2.84. The maximum atomic E-state index is 10.8. The molecule has 0 unspecified atom stereocenters. The number of nitriles is 1. The van der Waals surface area contributed by atoms with E-state index in [1.54, 1.807) is 6.07 Å². The van der Waals surface area contributed by atoms with Gasteiger partial charge in [0.05, 0.1) is 11.1 Å². The zero-order valence-electron chi connectivity index (χ0n) is 10.6. The molecule has 3 aromatic rings. The fraction of sp³-hybridized carbons (Fsp3) is 0. The van der Waals surface area contributed by atoms with Gasteiger partial charge in [0, 0.05) is 16.5 Å². The van der Waals surface area contributed by atoms with E-state index in [1.165, 1.54) is 24.0 Å². The second-order valence-electron chi connectivity index (χ2n) is 4.16. The summed E-state index contributed by atoms with van der Waals surface area (Å²) >= 11 is 1.21. The Morgan fingerprint density at radius 2 is 2.10 bits per heavy atom. The molecule has 0 atom stereocenters. The molecular formula is C15H8N2O3S. The van der Waals surface area contributed by atoms with Crippen molar-refractivity contribution in [1.82, 2.24) is 4.98 Å². The van der Waals surface area contributed by atoms with Crippen molar-refractivity contribution >= 4 is 28.6 Å². The molecule has 102 valence electrons. The smallest absolute Gasteiger partial charge is 0.371 e. The molecule has 0 aliphatic carbocycles. The van der Waals surface area contributed by atoms with Gasteiger partial charge in [-0.2, -0.15) is 5.26 Å². The summed E-state index contributed by atoms with van der Waals surface area (Å²) in [7, 11) is 0. The van der Waals surface area contributed by atoms with E-state index in [2.05, 4.69) is 11.1 Å². The molecule has 0 fully saturated rings. The highest BCUT2D eigenvalue weighted by atomic mass is 32.2. The lowest BCUT2D eigenvalue weighted by atomic mass is 10.2. The molecule has 0 bridgehead atoms. The van der Waals surface area contributed by atoms with Gasteiger partial charge in [0.25, 0.3) is 0 Å². The summed E-state index contributed by atoms with van der Waals surface area (Å²) < 4.78 is 5.23. The topological polar surface area (TPSA) is 87.1 Å². The predicted octanol–water partition coefficient (Wildman–Crippen LogP) is 3.55. The molecule has 1 N–H and O–H groups in total. The van der Waals surface area contributed by atoms with E-state index in [-0.39, 0.29) is 5.76 Å². The molecule has 0 radical (unpaired) electrons. The van der Waals surface area contributed by atoms with Crippen LogP contribution in [0.1, 0.15) is 16.1 Å². The lowest BCUT2D eigenvalue weighted by Gasteiger charge is -2.05. The molecule has 0 aliphatic heterocycles. The van der Waals surface area contributed by atoms with E-state index in [9.17, 15) is 10.1 Å². The minimum atomic E-state index is -1.12. The molecule has 2 heterocycles. The lowest BCUT2D eigenvalue weighted by Crippen LogP contribution is -1.91. The number of rotatable bonds is 3. The lowest BCUT2D eigenvalue weighted by molar-refractivity contribution is 0.0656. The van der Waals surface area contributed by atoms with Crippen LogP contribution >= 0.6 is 11.8 Å². The second kappa shape index (κ2) is 5.31. The third-order valence-corrected chi connectivity index (χ3v) is 3.91. The fourth-order valence-corrected chi connectivity index (χ4v) is 2.86. The van der Waals surface area contributed by atoms with Crippen LogP contribution in [0.3, 0.4) is 0 Å². The summed E-state index contributed by atoms with van der Waals surface area (Å²) in [6.45, 7) is 0. The highest BCUT2D eigenvalue weighted by molar-refractivity contribution is 7.99. The van der Waals surface area contributed by atoms with Crippen molar-refractivity contribution in [3.63, 3.8) is 0 Å². The summed E-state index contributed by atoms with van der Waals surface area (Å²) in [5, 5.41) is 19.3. The Hall–Kier alpha value is -2.78. The molecule has 1 aromatic carbocycles. The van der Waals surface area contributed by atoms with Crippen LogP contribution in [0.25, 0.3) is 10.9 Å². The maximum absolute atomic E-state index is 10.8. The van der Waals surface area contributed by atoms with Gasteiger partial charge in [0.1, 0.15) is 6.07 Å². The standard InChI is InChI=1S/C15H8N2O3S/c16-7-9-8-17-11-4-2-1-3-10(11)14(9)21-13-6-5-12(20-13)15(18)19/h1-6,8H,(H,18,19). The summed E-state index contributed by atoms with van der Waals surface area (Å²) in [4.78, 5) is 15.8. The number of aromatic nitrogens is 1. The van der Waals surface area contributed by atoms with Crippen LogP contribution < -0.4 is 0 Å². The van der Waals surface area contributed by atoms with E-state index in [1.807, 2.05) is 24.3 Å². The van der Waals surface area contributed by atoms with Gasteiger partial charge in [0.15, 0.2) is 5.09 Å². The molecule has 6 heteroatoms. The average molecular weight is 296 g/mol. The van der Waals surface area contributed by atoms with Gasteiger partial charge in [-0.05, 0) is 30.0 Å². The second-order valence-corrected chi connectivity index (χ2v) is 5.17. The Morgan fingerprint density at radius 3 is 2.81 bits per heavy atom. The van der Waals surface area contributed by atoms with Crippen LogP contribution in [0, 0.1) is 11.3 Å². The molecule has 0 amide bonds. The first kappa shape index (κ1) is 13.2. The fourth-order valence-electron chi connectivity index (χ4n) is 1.90. The van der Waals surface area contributed by atoms with Crippen LogP contribution in [0.4, 0.5) is 0 Å². The number of carboxylic acid groups (broad SMARTS) is 1. The van der Waals surface area contributed by atoms with Crippen molar-refractivity contribution in [2.75, 3.05) is 0 Å². The van der Waals surface area contributed by atoms with Crippen molar-refractivity contribution in [2.45, 2.75) is 9.99 Å². The van der Waals surface area contributed by atoms with E-state index < -0.39 is 5.97 Å². The molecule has 5 nitrogen and oxygen atoms in total. The first-order valence-electron chi connectivity index (χ1n) is 5.98. The van der Waals surface area contributed by atoms with Gasteiger partial charge in [-0.1, -0.05) is 18.2 Å². The van der Waals surface area contributed by atoms with Gasteiger partial charge in [-0.25, -0.2) is 4.79 Å². The summed E-state index contributed by atoms with van der Waals surface area (Å²) in [6, 6.07) is 12.5. The molecule has 0 saturated heterocycles.